The molecule has 1 saturated heterocycles. The molecular weight excluding hydrogens is 298 g/mol. The maximum atomic E-state index is 9.83. The summed E-state index contributed by atoms with van der Waals surface area (Å²) in [7, 11) is 2.00. The lowest BCUT2D eigenvalue weighted by Gasteiger charge is -2.30. The third-order valence-corrected chi connectivity index (χ3v) is 4.69. The molecule has 4 heteroatoms. The highest BCUT2D eigenvalue weighted by molar-refractivity contribution is 6.02. The van der Waals surface area contributed by atoms with Gasteiger partial charge in [0.2, 0.25) is 0 Å². The Morgan fingerprint density at radius 1 is 1.08 bits per heavy atom. The van der Waals surface area contributed by atoms with Crippen molar-refractivity contribution in [3.05, 3.63) is 54.2 Å². The summed E-state index contributed by atoms with van der Waals surface area (Å²) in [6, 6.07) is 17.1. The summed E-state index contributed by atoms with van der Waals surface area (Å²) in [4.78, 5) is 2.26. The van der Waals surface area contributed by atoms with Gasteiger partial charge in [0.15, 0.2) is 0 Å². The van der Waals surface area contributed by atoms with Crippen LogP contribution in [0.1, 0.15) is 5.56 Å². The van der Waals surface area contributed by atoms with Crippen LogP contribution in [0.25, 0.3) is 22.0 Å². The van der Waals surface area contributed by atoms with E-state index in [-0.39, 0.29) is 0 Å². The molecule has 0 spiro atoms. The predicted octanol–water partition coefficient (Wildman–Crippen LogP) is 3.55. The van der Waals surface area contributed by atoms with E-state index in [2.05, 4.69) is 47.4 Å². The molecule has 0 amide bonds. The number of anilines is 1. The first-order chi connectivity index (χ1) is 11.8. The van der Waals surface area contributed by atoms with Crippen LogP contribution in [0.2, 0.25) is 0 Å². The van der Waals surface area contributed by atoms with E-state index in [1.54, 1.807) is 0 Å². The Bertz CT molecular complexity index is 915. The molecule has 4 nitrogen and oxygen atoms in total. The number of rotatable bonds is 2. The van der Waals surface area contributed by atoms with Crippen molar-refractivity contribution in [3.8, 4) is 17.2 Å². The lowest BCUT2D eigenvalue weighted by atomic mass is 9.97. The van der Waals surface area contributed by atoms with Crippen molar-refractivity contribution in [1.82, 2.24) is 4.57 Å². The second-order valence-electron chi connectivity index (χ2n) is 6.08. The van der Waals surface area contributed by atoms with Crippen LogP contribution in [0.15, 0.2) is 48.7 Å². The predicted molar refractivity (Wildman–Crippen MR) is 96.1 cm³/mol. The Kier molecular flexibility index (Phi) is 3.72. The van der Waals surface area contributed by atoms with E-state index in [9.17, 15) is 5.26 Å². The van der Waals surface area contributed by atoms with E-state index in [0.29, 0.717) is 13.2 Å². The lowest BCUT2D eigenvalue weighted by Crippen LogP contribution is -2.36. The fraction of sp³-hybridized carbons (Fsp3) is 0.250. The van der Waals surface area contributed by atoms with Crippen LogP contribution < -0.4 is 4.90 Å². The smallest absolute Gasteiger partial charge is 0.104 e. The minimum Gasteiger partial charge on any atom is -0.378 e. The molecule has 1 fully saturated rings. The molecular formula is C20H19N3O. The van der Waals surface area contributed by atoms with E-state index >= 15 is 0 Å². The van der Waals surface area contributed by atoms with E-state index in [0.717, 1.165) is 35.2 Å². The molecule has 0 N–H and O–H groups in total. The normalized spacial score (nSPS) is 14.8. The third kappa shape index (κ3) is 2.34. The summed E-state index contributed by atoms with van der Waals surface area (Å²) in [6.07, 6.45) is 2.03. The number of aromatic nitrogens is 1. The Balaban J connectivity index is 2.01. The largest absolute Gasteiger partial charge is 0.378 e. The summed E-state index contributed by atoms with van der Waals surface area (Å²) in [5, 5.41) is 11.0. The van der Waals surface area contributed by atoms with Gasteiger partial charge in [-0.1, -0.05) is 30.3 Å². The minimum absolute atomic E-state index is 0.705. The van der Waals surface area contributed by atoms with Gasteiger partial charge in [0.25, 0.3) is 0 Å². The van der Waals surface area contributed by atoms with Gasteiger partial charge in [-0.2, -0.15) is 5.26 Å². The van der Waals surface area contributed by atoms with Crippen molar-refractivity contribution in [2.45, 2.75) is 0 Å². The zero-order chi connectivity index (χ0) is 16.5. The summed E-state index contributed by atoms with van der Waals surface area (Å²) in [5.74, 6) is 0. The number of hydrogen-bond acceptors (Lipinski definition) is 3. The van der Waals surface area contributed by atoms with Gasteiger partial charge in [-0.3, -0.25) is 0 Å². The molecule has 120 valence electrons. The molecule has 3 aromatic rings. The standard InChI is InChI=1S/C20H19N3O/c1-22-8-7-16-17(15-5-3-2-4-6-15)13-19(18(14-21)20(16)22)23-9-11-24-12-10-23/h2-8,13H,9-12H2,1H3. The van der Waals surface area contributed by atoms with Crippen LogP contribution in [0.3, 0.4) is 0 Å². The Morgan fingerprint density at radius 2 is 1.83 bits per heavy atom. The van der Waals surface area contributed by atoms with Gasteiger partial charge in [-0.05, 0) is 23.3 Å². The van der Waals surface area contributed by atoms with Crippen LogP contribution in [-0.2, 0) is 11.8 Å². The highest BCUT2D eigenvalue weighted by Gasteiger charge is 2.21. The lowest BCUT2D eigenvalue weighted by molar-refractivity contribution is 0.122. The average Bonchev–Trinajstić information content (AvgIpc) is 3.04. The average molecular weight is 317 g/mol. The number of benzene rings is 2. The molecule has 24 heavy (non-hydrogen) atoms. The summed E-state index contributed by atoms with van der Waals surface area (Å²) in [5.41, 5.74) is 5.10. The van der Waals surface area contributed by atoms with Gasteiger partial charge in [0.05, 0.1) is 30.0 Å². The molecule has 1 aliphatic heterocycles. The molecule has 4 rings (SSSR count). The maximum absolute atomic E-state index is 9.83. The number of ether oxygens (including phenoxy) is 1. The zero-order valence-electron chi connectivity index (χ0n) is 13.7. The van der Waals surface area contributed by atoms with E-state index in [1.807, 2.05) is 23.9 Å². The first-order valence-corrected chi connectivity index (χ1v) is 8.20. The summed E-state index contributed by atoms with van der Waals surface area (Å²) in [6.45, 7) is 3.05. The first-order valence-electron chi connectivity index (χ1n) is 8.20. The second-order valence-corrected chi connectivity index (χ2v) is 6.08. The van der Waals surface area contributed by atoms with Crippen LogP contribution in [-0.4, -0.2) is 30.9 Å². The summed E-state index contributed by atoms with van der Waals surface area (Å²) < 4.78 is 7.52. The maximum Gasteiger partial charge on any atom is 0.104 e. The number of aryl methyl sites for hydroxylation is 1. The quantitative estimate of drug-likeness (QED) is 0.726. The van der Waals surface area contributed by atoms with E-state index in [4.69, 9.17) is 4.74 Å². The van der Waals surface area contributed by atoms with Crippen molar-refractivity contribution in [3.63, 3.8) is 0 Å². The molecule has 0 saturated carbocycles. The molecule has 0 aliphatic carbocycles. The Labute approximate surface area is 141 Å². The monoisotopic (exact) mass is 317 g/mol. The molecule has 0 bridgehead atoms. The minimum atomic E-state index is 0.705. The van der Waals surface area contributed by atoms with Gasteiger partial charge in [-0.15, -0.1) is 0 Å². The van der Waals surface area contributed by atoms with Gasteiger partial charge in [0, 0.05) is 31.7 Å². The van der Waals surface area contributed by atoms with Gasteiger partial charge >= 0.3 is 0 Å². The Morgan fingerprint density at radius 3 is 2.54 bits per heavy atom. The highest BCUT2D eigenvalue weighted by Crippen LogP contribution is 2.37. The molecule has 0 atom stereocenters. The second kappa shape index (κ2) is 6.03. The van der Waals surface area contributed by atoms with Crippen molar-refractivity contribution in [2.24, 2.45) is 7.05 Å². The van der Waals surface area contributed by atoms with Gasteiger partial charge < -0.3 is 14.2 Å². The van der Waals surface area contributed by atoms with E-state index in [1.165, 1.54) is 11.1 Å². The molecule has 2 heterocycles. The topological polar surface area (TPSA) is 41.2 Å². The molecule has 1 aliphatic rings. The molecule has 2 aromatic carbocycles. The van der Waals surface area contributed by atoms with E-state index < -0.39 is 0 Å². The van der Waals surface area contributed by atoms with Crippen molar-refractivity contribution in [1.29, 1.82) is 5.26 Å². The van der Waals surface area contributed by atoms with Crippen LogP contribution >= 0.6 is 0 Å². The molecule has 1 aromatic heterocycles. The number of morpholine rings is 1. The Hall–Kier alpha value is -2.77. The zero-order valence-corrected chi connectivity index (χ0v) is 13.7. The SMILES string of the molecule is Cn1ccc2c(-c3ccccc3)cc(N3CCOCC3)c(C#N)c21. The number of hydrogen-bond donors (Lipinski definition) is 0. The third-order valence-electron chi connectivity index (χ3n) is 4.69. The van der Waals surface area contributed by atoms with Crippen LogP contribution in [0, 0.1) is 11.3 Å². The van der Waals surface area contributed by atoms with Crippen LogP contribution in [0.5, 0.6) is 0 Å². The van der Waals surface area contributed by atoms with Gasteiger partial charge in [0.1, 0.15) is 6.07 Å². The van der Waals surface area contributed by atoms with Gasteiger partial charge in [-0.25, -0.2) is 0 Å². The number of nitriles is 1. The number of nitrogens with zero attached hydrogens (tertiary/aromatic N) is 3. The van der Waals surface area contributed by atoms with Crippen molar-refractivity contribution in [2.75, 3.05) is 31.2 Å². The first kappa shape index (κ1) is 14.8. The van der Waals surface area contributed by atoms with Crippen molar-refractivity contribution >= 4 is 16.6 Å². The highest BCUT2D eigenvalue weighted by atomic mass is 16.5. The fourth-order valence-electron chi connectivity index (χ4n) is 3.49. The summed E-state index contributed by atoms with van der Waals surface area (Å²) >= 11 is 0. The molecule has 0 radical (unpaired) electrons. The fourth-order valence-corrected chi connectivity index (χ4v) is 3.49. The van der Waals surface area contributed by atoms with Crippen molar-refractivity contribution < 1.29 is 4.74 Å². The van der Waals surface area contributed by atoms with Crippen LogP contribution in [0.4, 0.5) is 5.69 Å². The number of fused-ring (bicyclic) bond motifs is 1. The molecule has 0 unspecified atom stereocenters.